The topological polar surface area (TPSA) is 121 Å². The number of carbonyl (C=O) groups is 2. The standard InChI is InChI=1S/C27H24N2O6/c1-3-34-23-6-4-5-22(15-23)29-26(30)21(16-28)13-19-9-12-24(25(14-19)33-2)35-17-18-7-10-20(11-8-18)27(31)32/h4-15H,3,17H2,1-2H3,(H,29,30)(H,31,32)/p-1/b21-13-. The van der Waals surface area contributed by atoms with Gasteiger partial charge in [0.1, 0.15) is 24.0 Å². The minimum atomic E-state index is -1.24. The molecule has 0 aliphatic rings. The molecule has 0 saturated heterocycles. The number of anilines is 1. The molecule has 0 heterocycles. The Bertz CT molecular complexity index is 1280. The van der Waals surface area contributed by atoms with Gasteiger partial charge in [-0.1, -0.05) is 36.4 Å². The van der Waals surface area contributed by atoms with Crippen LogP contribution in [0.3, 0.4) is 0 Å². The monoisotopic (exact) mass is 471 g/mol. The summed E-state index contributed by atoms with van der Waals surface area (Å²) in [5.74, 6) is -0.327. The molecule has 1 N–H and O–H groups in total. The fourth-order valence-electron chi connectivity index (χ4n) is 3.14. The van der Waals surface area contributed by atoms with Crippen molar-refractivity contribution in [2.45, 2.75) is 13.5 Å². The number of methoxy groups -OCH3 is 1. The quantitative estimate of drug-likeness (QED) is 0.354. The maximum atomic E-state index is 12.6. The number of aromatic carboxylic acids is 1. The molecule has 8 heteroatoms. The third-order valence-corrected chi connectivity index (χ3v) is 4.85. The van der Waals surface area contributed by atoms with Crippen LogP contribution in [0.4, 0.5) is 5.69 Å². The van der Waals surface area contributed by atoms with Crippen LogP contribution in [-0.4, -0.2) is 25.6 Å². The number of hydrogen-bond acceptors (Lipinski definition) is 7. The highest BCUT2D eigenvalue weighted by molar-refractivity contribution is 6.09. The highest BCUT2D eigenvalue weighted by Crippen LogP contribution is 2.30. The summed E-state index contributed by atoms with van der Waals surface area (Å²) < 4.78 is 16.6. The van der Waals surface area contributed by atoms with Crippen LogP contribution in [0, 0.1) is 11.3 Å². The second-order valence-corrected chi connectivity index (χ2v) is 7.27. The first kappa shape index (κ1) is 24.9. The van der Waals surface area contributed by atoms with E-state index in [0.29, 0.717) is 35.1 Å². The van der Waals surface area contributed by atoms with Gasteiger partial charge in [0.25, 0.3) is 5.91 Å². The molecule has 0 fully saturated rings. The molecule has 178 valence electrons. The normalized spacial score (nSPS) is 10.7. The number of nitrogens with zero attached hydrogens (tertiary/aromatic N) is 1. The predicted molar refractivity (Wildman–Crippen MR) is 128 cm³/mol. The summed E-state index contributed by atoms with van der Waals surface area (Å²) in [5.41, 5.74) is 1.84. The van der Waals surface area contributed by atoms with Gasteiger partial charge in [-0.25, -0.2) is 0 Å². The van der Waals surface area contributed by atoms with Crippen LogP contribution >= 0.6 is 0 Å². The van der Waals surface area contributed by atoms with E-state index in [1.165, 1.54) is 25.3 Å². The van der Waals surface area contributed by atoms with E-state index < -0.39 is 11.9 Å². The smallest absolute Gasteiger partial charge is 0.266 e. The third kappa shape index (κ3) is 6.85. The van der Waals surface area contributed by atoms with Crippen molar-refractivity contribution in [3.8, 4) is 23.3 Å². The number of carbonyl (C=O) groups excluding carboxylic acids is 2. The van der Waals surface area contributed by atoms with Crippen molar-refractivity contribution in [1.82, 2.24) is 0 Å². The zero-order valence-corrected chi connectivity index (χ0v) is 19.2. The number of nitrogens with one attached hydrogen (secondary N) is 1. The summed E-state index contributed by atoms with van der Waals surface area (Å²) in [6.07, 6.45) is 1.45. The number of amides is 1. The summed E-state index contributed by atoms with van der Waals surface area (Å²) in [4.78, 5) is 23.5. The number of hydrogen-bond donors (Lipinski definition) is 1. The van der Waals surface area contributed by atoms with Gasteiger partial charge >= 0.3 is 0 Å². The zero-order chi connectivity index (χ0) is 25.2. The van der Waals surface area contributed by atoms with E-state index in [9.17, 15) is 20.0 Å². The molecular weight excluding hydrogens is 448 g/mol. The molecular formula is C27H23N2O6-. The lowest BCUT2D eigenvalue weighted by Crippen LogP contribution is -2.22. The van der Waals surface area contributed by atoms with Crippen LogP contribution in [-0.2, 0) is 11.4 Å². The summed E-state index contributed by atoms with van der Waals surface area (Å²) in [6.45, 7) is 2.55. The highest BCUT2D eigenvalue weighted by Gasteiger charge is 2.12. The first-order valence-electron chi connectivity index (χ1n) is 10.7. The number of carboxylic acid groups (broad SMARTS) is 1. The molecule has 0 radical (unpaired) electrons. The Morgan fingerprint density at radius 3 is 2.46 bits per heavy atom. The summed E-state index contributed by atoms with van der Waals surface area (Å²) in [7, 11) is 1.48. The van der Waals surface area contributed by atoms with Crippen LogP contribution in [0.15, 0.2) is 72.3 Å². The van der Waals surface area contributed by atoms with Gasteiger partial charge in [-0.05, 0) is 54.0 Å². The predicted octanol–water partition coefficient (Wildman–Crippen LogP) is 3.58. The van der Waals surface area contributed by atoms with Crippen LogP contribution < -0.4 is 24.6 Å². The van der Waals surface area contributed by atoms with Gasteiger partial charge in [0.2, 0.25) is 0 Å². The highest BCUT2D eigenvalue weighted by atomic mass is 16.5. The van der Waals surface area contributed by atoms with E-state index in [2.05, 4.69) is 5.32 Å². The molecule has 0 aromatic heterocycles. The van der Waals surface area contributed by atoms with E-state index in [4.69, 9.17) is 14.2 Å². The molecule has 0 unspecified atom stereocenters. The Balaban J connectivity index is 1.72. The Hall–Kier alpha value is -4.77. The van der Waals surface area contributed by atoms with Gasteiger partial charge in [-0.15, -0.1) is 0 Å². The van der Waals surface area contributed by atoms with Crippen molar-refractivity contribution in [2.24, 2.45) is 0 Å². The molecule has 1 amide bonds. The molecule has 0 atom stereocenters. The summed E-state index contributed by atoms with van der Waals surface area (Å²) in [5, 5.41) is 23.1. The maximum absolute atomic E-state index is 12.6. The Morgan fingerprint density at radius 2 is 1.80 bits per heavy atom. The van der Waals surface area contributed by atoms with E-state index in [0.717, 1.165) is 5.56 Å². The van der Waals surface area contributed by atoms with Gasteiger partial charge in [-0.3, -0.25) is 4.79 Å². The van der Waals surface area contributed by atoms with E-state index in [-0.39, 0.29) is 17.7 Å². The summed E-state index contributed by atoms with van der Waals surface area (Å²) >= 11 is 0. The van der Waals surface area contributed by atoms with Crippen LogP contribution in [0.5, 0.6) is 17.2 Å². The second kappa shape index (κ2) is 11.9. The van der Waals surface area contributed by atoms with E-state index >= 15 is 0 Å². The minimum Gasteiger partial charge on any atom is -0.545 e. The number of rotatable bonds is 10. The molecule has 35 heavy (non-hydrogen) atoms. The van der Waals surface area contributed by atoms with Crippen LogP contribution in [0.2, 0.25) is 0 Å². The van der Waals surface area contributed by atoms with Gasteiger partial charge in [0.15, 0.2) is 11.5 Å². The van der Waals surface area contributed by atoms with E-state index in [1.807, 2.05) is 13.0 Å². The minimum absolute atomic E-state index is 0.0850. The fourth-order valence-corrected chi connectivity index (χ4v) is 3.14. The molecule has 0 bridgehead atoms. The van der Waals surface area contributed by atoms with Gasteiger partial charge in [0.05, 0.1) is 19.7 Å². The average molecular weight is 471 g/mol. The number of carboxylic acids is 1. The Morgan fingerprint density at radius 1 is 1.03 bits per heavy atom. The van der Waals surface area contributed by atoms with Crippen molar-refractivity contribution < 1.29 is 28.9 Å². The molecule has 3 aromatic carbocycles. The first-order valence-corrected chi connectivity index (χ1v) is 10.7. The first-order chi connectivity index (χ1) is 16.9. The number of ether oxygens (including phenoxy) is 3. The molecule has 0 aliphatic heterocycles. The molecule has 0 spiro atoms. The van der Waals surface area contributed by atoms with Crippen molar-refractivity contribution in [3.63, 3.8) is 0 Å². The molecule has 3 rings (SSSR count). The Kier molecular flexibility index (Phi) is 8.46. The molecule has 3 aromatic rings. The van der Waals surface area contributed by atoms with Crippen molar-refractivity contribution in [3.05, 3.63) is 89.0 Å². The zero-order valence-electron chi connectivity index (χ0n) is 19.2. The van der Waals surface area contributed by atoms with E-state index in [1.54, 1.807) is 54.6 Å². The Labute approximate surface area is 203 Å². The maximum Gasteiger partial charge on any atom is 0.266 e. The lowest BCUT2D eigenvalue weighted by Gasteiger charge is -2.12. The van der Waals surface area contributed by atoms with Crippen molar-refractivity contribution in [1.29, 1.82) is 5.26 Å². The fraction of sp³-hybridized carbons (Fsp3) is 0.148. The van der Waals surface area contributed by atoms with Gasteiger partial charge in [-0.2, -0.15) is 5.26 Å². The number of nitriles is 1. The summed E-state index contributed by atoms with van der Waals surface area (Å²) in [6, 6.07) is 20.0. The lowest BCUT2D eigenvalue weighted by atomic mass is 10.1. The third-order valence-electron chi connectivity index (χ3n) is 4.85. The molecule has 8 nitrogen and oxygen atoms in total. The molecule has 0 aliphatic carbocycles. The van der Waals surface area contributed by atoms with Crippen molar-refractivity contribution in [2.75, 3.05) is 19.0 Å². The van der Waals surface area contributed by atoms with Gasteiger partial charge in [0, 0.05) is 11.8 Å². The van der Waals surface area contributed by atoms with Crippen molar-refractivity contribution >= 4 is 23.6 Å². The van der Waals surface area contributed by atoms with Crippen LogP contribution in [0.25, 0.3) is 6.08 Å². The SMILES string of the molecule is CCOc1cccc(NC(=O)/C(C#N)=C\c2ccc(OCc3ccc(C(=O)[O-])cc3)c(OC)c2)c1. The average Bonchev–Trinajstić information content (AvgIpc) is 2.86. The second-order valence-electron chi connectivity index (χ2n) is 7.27. The lowest BCUT2D eigenvalue weighted by molar-refractivity contribution is -0.255. The van der Waals surface area contributed by atoms with Gasteiger partial charge < -0.3 is 29.4 Å². The molecule has 0 saturated carbocycles. The van der Waals surface area contributed by atoms with Crippen LogP contribution in [0.1, 0.15) is 28.4 Å². The largest absolute Gasteiger partial charge is 0.545 e. The number of benzene rings is 3.